The second-order valence-corrected chi connectivity index (χ2v) is 4.83. The van der Waals surface area contributed by atoms with Crippen LogP contribution in [0.15, 0.2) is 47.9 Å². The molecule has 1 aromatic heterocycles. The van der Waals surface area contributed by atoms with E-state index >= 15 is 0 Å². The van der Waals surface area contributed by atoms with Crippen molar-refractivity contribution in [2.24, 2.45) is 0 Å². The predicted octanol–water partition coefficient (Wildman–Crippen LogP) is 3.57. The molecule has 19 heavy (non-hydrogen) atoms. The number of hydrogen-bond acceptors (Lipinski definition) is 4. The third-order valence-corrected chi connectivity index (χ3v) is 3.24. The van der Waals surface area contributed by atoms with E-state index < -0.39 is 5.97 Å². The molecule has 0 aliphatic rings. The lowest BCUT2D eigenvalue weighted by Gasteiger charge is -2.01. The van der Waals surface area contributed by atoms with Gasteiger partial charge in [0.25, 0.3) is 0 Å². The summed E-state index contributed by atoms with van der Waals surface area (Å²) in [6, 6.07) is 10.3. The van der Waals surface area contributed by atoms with Gasteiger partial charge in [-0.25, -0.2) is 4.79 Å². The predicted molar refractivity (Wildman–Crippen MR) is 75.4 cm³/mol. The van der Waals surface area contributed by atoms with Gasteiger partial charge in [-0.15, -0.1) is 11.3 Å². The molecule has 0 spiro atoms. The SMILES string of the molecule is CC(=O)c1ccc(OC(=O)/C=C/c2cccs2)cc1. The molecular weight excluding hydrogens is 260 g/mol. The number of benzene rings is 1. The third kappa shape index (κ3) is 3.89. The van der Waals surface area contributed by atoms with Gasteiger partial charge in [-0.3, -0.25) is 4.79 Å². The summed E-state index contributed by atoms with van der Waals surface area (Å²) in [7, 11) is 0. The van der Waals surface area contributed by atoms with Crippen LogP contribution in [0.4, 0.5) is 0 Å². The Morgan fingerprint density at radius 1 is 1.16 bits per heavy atom. The summed E-state index contributed by atoms with van der Waals surface area (Å²) >= 11 is 1.54. The molecule has 0 fully saturated rings. The van der Waals surface area contributed by atoms with Crippen molar-refractivity contribution in [3.8, 4) is 5.75 Å². The fourth-order valence-electron chi connectivity index (χ4n) is 1.44. The summed E-state index contributed by atoms with van der Waals surface area (Å²) in [4.78, 5) is 23.6. The van der Waals surface area contributed by atoms with E-state index in [2.05, 4.69) is 0 Å². The molecule has 0 N–H and O–H groups in total. The van der Waals surface area contributed by atoms with E-state index in [0.717, 1.165) is 4.88 Å². The first-order chi connectivity index (χ1) is 9.15. The molecule has 2 aromatic rings. The Morgan fingerprint density at radius 2 is 1.89 bits per heavy atom. The summed E-state index contributed by atoms with van der Waals surface area (Å²) in [5, 5.41) is 1.94. The second-order valence-electron chi connectivity index (χ2n) is 3.85. The zero-order chi connectivity index (χ0) is 13.7. The average molecular weight is 272 g/mol. The number of Topliss-reactive ketones (excluding diaryl/α,β-unsaturated/α-hetero) is 1. The number of ether oxygens (including phenoxy) is 1. The zero-order valence-electron chi connectivity index (χ0n) is 10.3. The molecule has 96 valence electrons. The van der Waals surface area contributed by atoms with Gasteiger partial charge < -0.3 is 4.74 Å². The van der Waals surface area contributed by atoms with Crippen LogP contribution in [0, 0.1) is 0 Å². The molecular formula is C15H12O3S. The van der Waals surface area contributed by atoms with Crippen LogP contribution in [-0.2, 0) is 4.79 Å². The van der Waals surface area contributed by atoms with Crippen LogP contribution in [0.2, 0.25) is 0 Å². The van der Waals surface area contributed by atoms with E-state index in [1.807, 2.05) is 17.5 Å². The van der Waals surface area contributed by atoms with Gasteiger partial charge in [-0.1, -0.05) is 6.07 Å². The lowest BCUT2D eigenvalue weighted by Crippen LogP contribution is -2.03. The van der Waals surface area contributed by atoms with Crippen LogP contribution in [0.3, 0.4) is 0 Å². The van der Waals surface area contributed by atoms with Gasteiger partial charge in [0.15, 0.2) is 5.78 Å². The highest BCUT2D eigenvalue weighted by atomic mass is 32.1. The first-order valence-electron chi connectivity index (χ1n) is 5.69. The van der Waals surface area contributed by atoms with Crippen molar-refractivity contribution in [2.45, 2.75) is 6.92 Å². The summed E-state index contributed by atoms with van der Waals surface area (Å²) in [5.74, 6) is -0.0368. The normalized spacial score (nSPS) is 10.6. The van der Waals surface area contributed by atoms with Gasteiger partial charge in [0, 0.05) is 16.5 Å². The van der Waals surface area contributed by atoms with Crippen LogP contribution in [0.25, 0.3) is 6.08 Å². The minimum Gasteiger partial charge on any atom is -0.423 e. The number of hydrogen-bond donors (Lipinski definition) is 0. The molecule has 0 atom stereocenters. The molecule has 0 saturated heterocycles. The third-order valence-electron chi connectivity index (χ3n) is 2.41. The minimum atomic E-state index is -0.441. The number of ketones is 1. The van der Waals surface area contributed by atoms with Gasteiger partial charge in [0.05, 0.1) is 0 Å². The van der Waals surface area contributed by atoms with E-state index in [0.29, 0.717) is 11.3 Å². The van der Waals surface area contributed by atoms with Crippen molar-refractivity contribution < 1.29 is 14.3 Å². The Labute approximate surface area is 115 Å². The first kappa shape index (κ1) is 13.2. The molecule has 4 heteroatoms. The summed E-state index contributed by atoms with van der Waals surface area (Å²) < 4.78 is 5.11. The van der Waals surface area contributed by atoms with Gasteiger partial charge in [0.1, 0.15) is 5.75 Å². The van der Waals surface area contributed by atoms with Crippen LogP contribution in [-0.4, -0.2) is 11.8 Å². The number of rotatable bonds is 4. The summed E-state index contributed by atoms with van der Waals surface area (Å²) in [5.41, 5.74) is 0.592. The molecule has 1 heterocycles. The van der Waals surface area contributed by atoms with E-state index in [1.165, 1.54) is 13.0 Å². The fourth-order valence-corrected chi connectivity index (χ4v) is 2.06. The summed E-state index contributed by atoms with van der Waals surface area (Å²) in [6.07, 6.45) is 3.08. The molecule has 2 rings (SSSR count). The molecule has 0 aliphatic heterocycles. The molecule has 0 radical (unpaired) electrons. The van der Waals surface area contributed by atoms with Crippen molar-refractivity contribution in [3.63, 3.8) is 0 Å². The van der Waals surface area contributed by atoms with E-state index in [-0.39, 0.29) is 5.78 Å². The number of thiophene rings is 1. The van der Waals surface area contributed by atoms with E-state index in [4.69, 9.17) is 4.74 Å². The van der Waals surface area contributed by atoms with Crippen molar-refractivity contribution >= 4 is 29.2 Å². The monoisotopic (exact) mass is 272 g/mol. The Morgan fingerprint density at radius 3 is 2.47 bits per heavy atom. The highest BCUT2D eigenvalue weighted by Gasteiger charge is 2.02. The minimum absolute atomic E-state index is 0.0181. The highest BCUT2D eigenvalue weighted by Crippen LogP contribution is 2.14. The molecule has 0 amide bonds. The van der Waals surface area contributed by atoms with Crippen molar-refractivity contribution in [1.82, 2.24) is 0 Å². The molecule has 0 bridgehead atoms. The summed E-state index contributed by atoms with van der Waals surface area (Å²) in [6.45, 7) is 1.49. The molecule has 0 unspecified atom stereocenters. The average Bonchev–Trinajstić information content (AvgIpc) is 2.90. The Kier molecular flexibility index (Phi) is 4.26. The smallest absolute Gasteiger partial charge is 0.336 e. The van der Waals surface area contributed by atoms with Gasteiger partial charge in [-0.2, -0.15) is 0 Å². The molecule has 0 aliphatic carbocycles. The first-order valence-corrected chi connectivity index (χ1v) is 6.57. The maximum Gasteiger partial charge on any atom is 0.336 e. The number of carbonyl (C=O) groups is 2. The van der Waals surface area contributed by atoms with Gasteiger partial charge in [-0.05, 0) is 48.7 Å². The van der Waals surface area contributed by atoms with Crippen LogP contribution in [0.5, 0.6) is 5.75 Å². The second kappa shape index (κ2) is 6.11. The fraction of sp³-hybridized carbons (Fsp3) is 0.0667. The van der Waals surface area contributed by atoms with Crippen LogP contribution >= 0.6 is 11.3 Å². The molecule has 3 nitrogen and oxygen atoms in total. The zero-order valence-corrected chi connectivity index (χ0v) is 11.1. The van der Waals surface area contributed by atoms with E-state index in [9.17, 15) is 9.59 Å². The van der Waals surface area contributed by atoms with Crippen molar-refractivity contribution in [3.05, 3.63) is 58.3 Å². The number of carbonyl (C=O) groups excluding carboxylic acids is 2. The standard InChI is InChI=1S/C15H12O3S/c1-11(16)12-4-6-13(7-5-12)18-15(17)9-8-14-3-2-10-19-14/h2-10H,1H3/b9-8+. The molecule has 0 saturated carbocycles. The van der Waals surface area contributed by atoms with Gasteiger partial charge in [0.2, 0.25) is 0 Å². The topological polar surface area (TPSA) is 43.4 Å². The van der Waals surface area contributed by atoms with E-state index in [1.54, 1.807) is 41.7 Å². The highest BCUT2D eigenvalue weighted by molar-refractivity contribution is 7.10. The van der Waals surface area contributed by atoms with Gasteiger partial charge >= 0.3 is 5.97 Å². The Balaban J connectivity index is 1.97. The Hall–Kier alpha value is -2.20. The maximum absolute atomic E-state index is 11.6. The van der Waals surface area contributed by atoms with Crippen molar-refractivity contribution in [2.75, 3.05) is 0 Å². The van der Waals surface area contributed by atoms with Crippen molar-refractivity contribution in [1.29, 1.82) is 0 Å². The van der Waals surface area contributed by atoms with Crippen LogP contribution in [0.1, 0.15) is 22.2 Å². The quantitative estimate of drug-likeness (QED) is 0.370. The Bertz CT molecular complexity index is 595. The van der Waals surface area contributed by atoms with Crippen LogP contribution < -0.4 is 4.74 Å². The maximum atomic E-state index is 11.6. The lowest BCUT2D eigenvalue weighted by molar-refractivity contribution is -0.128. The number of esters is 1. The molecule has 1 aromatic carbocycles. The largest absolute Gasteiger partial charge is 0.423 e. The lowest BCUT2D eigenvalue weighted by atomic mass is 10.1.